The number of aryl methyl sites for hydroxylation is 1. The first-order valence-electron chi connectivity index (χ1n) is 8.38. The number of benzene rings is 2. The number of carbonyl (C=O) groups excluding carboxylic acids is 1. The minimum absolute atomic E-state index is 0.0491. The number of carbonyl (C=O) groups is 1. The van der Waals surface area contributed by atoms with Crippen LogP contribution >= 0.6 is 0 Å². The number of anilines is 1. The Morgan fingerprint density at radius 1 is 1.17 bits per heavy atom. The molecule has 0 aromatic heterocycles. The van der Waals surface area contributed by atoms with Crippen molar-refractivity contribution in [2.75, 3.05) is 11.9 Å². The molecule has 0 unspecified atom stereocenters. The van der Waals surface area contributed by atoms with Crippen LogP contribution < -0.4 is 5.32 Å². The SMILES string of the molecule is Cc1cccc(NC(=O)CN(Cc2ccccc2F)C2CC2)c1C. The van der Waals surface area contributed by atoms with E-state index in [1.54, 1.807) is 12.1 Å². The van der Waals surface area contributed by atoms with Gasteiger partial charge in [-0.05, 0) is 49.9 Å². The van der Waals surface area contributed by atoms with Gasteiger partial charge in [-0.1, -0.05) is 30.3 Å². The predicted octanol–water partition coefficient (Wildman–Crippen LogP) is 4.05. The smallest absolute Gasteiger partial charge is 0.238 e. The second kappa shape index (κ2) is 7.14. The van der Waals surface area contributed by atoms with Crippen molar-refractivity contribution in [3.8, 4) is 0 Å². The number of hydrogen-bond acceptors (Lipinski definition) is 2. The highest BCUT2D eigenvalue weighted by atomic mass is 19.1. The van der Waals surface area contributed by atoms with Crippen LogP contribution in [0.25, 0.3) is 0 Å². The molecule has 1 saturated carbocycles. The minimum Gasteiger partial charge on any atom is -0.325 e. The average Bonchev–Trinajstić information content (AvgIpc) is 3.38. The summed E-state index contributed by atoms with van der Waals surface area (Å²) in [7, 11) is 0. The van der Waals surface area contributed by atoms with Crippen molar-refractivity contribution in [3.63, 3.8) is 0 Å². The highest BCUT2D eigenvalue weighted by molar-refractivity contribution is 5.93. The van der Waals surface area contributed by atoms with E-state index in [4.69, 9.17) is 0 Å². The summed E-state index contributed by atoms with van der Waals surface area (Å²) in [4.78, 5) is 14.5. The Kier molecular flexibility index (Phi) is 4.95. The summed E-state index contributed by atoms with van der Waals surface area (Å²) in [6.07, 6.45) is 2.15. The molecule has 1 N–H and O–H groups in total. The monoisotopic (exact) mass is 326 g/mol. The molecule has 1 aliphatic carbocycles. The average molecular weight is 326 g/mol. The van der Waals surface area contributed by atoms with E-state index in [1.807, 2.05) is 38.1 Å². The summed E-state index contributed by atoms with van der Waals surface area (Å²) in [6.45, 7) is 4.78. The first kappa shape index (κ1) is 16.7. The van der Waals surface area contributed by atoms with Gasteiger partial charge in [0.25, 0.3) is 0 Å². The summed E-state index contributed by atoms with van der Waals surface area (Å²) in [5, 5.41) is 2.99. The van der Waals surface area contributed by atoms with Gasteiger partial charge < -0.3 is 5.32 Å². The highest BCUT2D eigenvalue weighted by Gasteiger charge is 2.30. The maximum atomic E-state index is 13.9. The lowest BCUT2D eigenvalue weighted by molar-refractivity contribution is -0.117. The normalized spacial score (nSPS) is 14.0. The molecule has 0 heterocycles. The fraction of sp³-hybridized carbons (Fsp3) is 0.350. The van der Waals surface area contributed by atoms with Gasteiger partial charge in [0.05, 0.1) is 6.54 Å². The van der Waals surface area contributed by atoms with Crippen molar-refractivity contribution < 1.29 is 9.18 Å². The topological polar surface area (TPSA) is 32.3 Å². The zero-order valence-corrected chi connectivity index (χ0v) is 14.2. The third-order valence-electron chi connectivity index (χ3n) is 4.62. The molecule has 2 aromatic rings. The molecule has 0 saturated heterocycles. The van der Waals surface area contributed by atoms with Gasteiger partial charge in [-0.15, -0.1) is 0 Å². The Balaban J connectivity index is 1.66. The van der Waals surface area contributed by atoms with E-state index in [1.165, 1.54) is 6.07 Å². The number of halogens is 1. The van der Waals surface area contributed by atoms with Crippen molar-refractivity contribution in [1.29, 1.82) is 0 Å². The summed E-state index contributed by atoms with van der Waals surface area (Å²) in [6, 6.07) is 13.0. The van der Waals surface area contributed by atoms with E-state index in [9.17, 15) is 9.18 Å². The van der Waals surface area contributed by atoms with Gasteiger partial charge >= 0.3 is 0 Å². The molecular formula is C20H23FN2O. The third kappa shape index (κ3) is 4.01. The van der Waals surface area contributed by atoms with E-state index >= 15 is 0 Å². The Bertz CT molecular complexity index is 740. The third-order valence-corrected chi connectivity index (χ3v) is 4.62. The van der Waals surface area contributed by atoms with E-state index in [-0.39, 0.29) is 18.3 Å². The van der Waals surface area contributed by atoms with Crippen molar-refractivity contribution >= 4 is 11.6 Å². The number of amides is 1. The van der Waals surface area contributed by atoms with Crippen LogP contribution in [0.2, 0.25) is 0 Å². The molecule has 1 amide bonds. The van der Waals surface area contributed by atoms with Crippen LogP contribution in [0, 0.1) is 19.7 Å². The first-order valence-corrected chi connectivity index (χ1v) is 8.38. The lowest BCUT2D eigenvalue weighted by atomic mass is 10.1. The Labute approximate surface area is 142 Å². The maximum Gasteiger partial charge on any atom is 0.238 e. The number of nitrogens with zero attached hydrogens (tertiary/aromatic N) is 1. The summed E-state index contributed by atoms with van der Waals surface area (Å²) in [5.41, 5.74) is 3.72. The molecule has 0 aliphatic heterocycles. The van der Waals surface area contributed by atoms with Crippen LogP contribution in [-0.2, 0) is 11.3 Å². The largest absolute Gasteiger partial charge is 0.325 e. The van der Waals surface area contributed by atoms with Gasteiger partial charge in [0, 0.05) is 23.8 Å². The van der Waals surface area contributed by atoms with Crippen LogP contribution in [0.1, 0.15) is 29.5 Å². The lowest BCUT2D eigenvalue weighted by Crippen LogP contribution is -2.34. The molecule has 126 valence electrons. The van der Waals surface area contributed by atoms with Gasteiger partial charge in [0.15, 0.2) is 0 Å². The summed E-state index contributed by atoms with van der Waals surface area (Å²) < 4.78 is 13.9. The van der Waals surface area contributed by atoms with Gasteiger partial charge in [0.2, 0.25) is 5.91 Å². The van der Waals surface area contributed by atoms with Gasteiger partial charge in [-0.3, -0.25) is 9.69 Å². The van der Waals surface area contributed by atoms with Crippen LogP contribution in [0.5, 0.6) is 0 Å². The molecule has 1 aliphatic rings. The summed E-state index contributed by atoms with van der Waals surface area (Å²) in [5.74, 6) is -0.259. The number of nitrogens with one attached hydrogen (secondary N) is 1. The zero-order valence-electron chi connectivity index (χ0n) is 14.2. The van der Waals surface area contributed by atoms with Crippen LogP contribution in [-0.4, -0.2) is 23.4 Å². The van der Waals surface area contributed by atoms with Gasteiger partial charge in [-0.25, -0.2) is 4.39 Å². The van der Waals surface area contributed by atoms with Gasteiger partial charge in [-0.2, -0.15) is 0 Å². The second-order valence-electron chi connectivity index (χ2n) is 6.52. The van der Waals surface area contributed by atoms with E-state index < -0.39 is 0 Å². The van der Waals surface area contributed by atoms with E-state index in [0.29, 0.717) is 18.2 Å². The molecule has 3 rings (SSSR count). The Morgan fingerprint density at radius 3 is 2.62 bits per heavy atom. The van der Waals surface area contributed by atoms with Crippen LogP contribution in [0.15, 0.2) is 42.5 Å². The fourth-order valence-corrected chi connectivity index (χ4v) is 2.86. The molecule has 0 spiro atoms. The number of rotatable bonds is 6. The molecule has 2 aromatic carbocycles. The first-order chi connectivity index (χ1) is 11.5. The molecule has 0 radical (unpaired) electrons. The Morgan fingerprint density at radius 2 is 1.92 bits per heavy atom. The van der Waals surface area contributed by atoms with E-state index in [0.717, 1.165) is 29.7 Å². The van der Waals surface area contributed by atoms with Crippen LogP contribution in [0.4, 0.5) is 10.1 Å². The highest BCUT2D eigenvalue weighted by Crippen LogP contribution is 2.28. The minimum atomic E-state index is -0.210. The predicted molar refractivity (Wildman–Crippen MR) is 94.4 cm³/mol. The molecule has 4 heteroatoms. The molecule has 3 nitrogen and oxygen atoms in total. The molecule has 24 heavy (non-hydrogen) atoms. The van der Waals surface area contributed by atoms with Crippen molar-refractivity contribution in [1.82, 2.24) is 4.90 Å². The number of hydrogen-bond donors (Lipinski definition) is 1. The van der Waals surface area contributed by atoms with Crippen LogP contribution in [0.3, 0.4) is 0 Å². The summed E-state index contributed by atoms with van der Waals surface area (Å²) >= 11 is 0. The van der Waals surface area contributed by atoms with E-state index in [2.05, 4.69) is 10.2 Å². The molecule has 0 bridgehead atoms. The fourth-order valence-electron chi connectivity index (χ4n) is 2.86. The molecular weight excluding hydrogens is 303 g/mol. The Hall–Kier alpha value is -2.20. The molecule has 1 fully saturated rings. The second-order valence-corrected chi connectivity index (χ2v) is 6.52. The zero-order chi connectivity index (χ0) is 17.1. The standard InChI is InChI=1S/C20H23FN2O/c1-14-6-5-9-19(15(14)2)22-20(24)13-23(17-10-11-17)12-16-7-3-4-8-18(16)21/h3-9,17H,10-13H2,1-2H3,(H,22,24). The maximum absolute atomic E-state index is 13.9. The van der Waals surface area contributed by atoms with Crippen molar-refractivity contribution in [2.24, 2.45) is 0 Å². The van der Waals surface area contributed by atoms with Crippen molar-refractivity contribution in [3.05, 3.63) is 65.0 Å². The lowest BCUT2D eigenvalue weighted by Gasteiger charge is -2.22. The molecule has 0 atom stereocenters. The van der Waals surface area contributed by atoms with Gasteiger partial charge in [0.1, 0.15) is 5.82 Å². The van der Waals surface area contributed by atoms with Crippen molar-refractivity contribution in [2.45, 2.75) is 39.3 Å². The quantitative estimate of drug-likeness (QED) is 0.869.